The fourth-order valence-corrected chi connectivity index (χ4v) is 3.73. The number of halogens is 2. The van der Waals surface area contributed by atoms with Gasteiger partial charge in [0, 0.05) is 19.3 Å². The van der Waals surface area contributed by atoms with Crippen LogP contribution in [0.5, 0.6) is 0 Å². The molecule has 0 atom stereocenters. The molecule has 3 rings (SSSR count). The van der Waals surface area contributed by atoms with E-state index in [9.17, 15) is 18.4 Å². The fourth-order valence-electron chi connectivity index (χ4n) is 3.73. The number of hydrogen-bond acceptors (Lipinski definition) is 7. The summed E-state index contributed by atoms with van der Waals surface area (Å²) in [5, 5.41) is 12.0. The third kappa shape index (κ3) is 5.04. The largest absolute Gasteiger partial charge is 0.504 e. The van der Waals surface area contributed by atoms with Crippen molar-refractivity contribution in [3.8, 4) is 0 Å². The van der Waals surface area contributed by atoms with E-state index in [0.29, 0.717) is 0 Å². The van der Waals surface area contributed by atoms with Crippen molar-refractivity contribution in [2.75, 3.05) is 35.8 Å². The van der Waals surface area contributed by atoms with Crippen molar-refractivity contribution >= 4 is 29.3 Å². The number of carboxylic acid groups (broad SMARTS) is 1. The van der Waals surface area contributed by atoms with E-state index in [2.05, 4.69) is 15.3 Å². The highest BCUT2D eigenvalue weighted by atomic mass is 19.3. The van der Waals surface area contributed by atoms with Gasteiger partial charge in [-0.1, -0.05) is 12.8 Å². The van der Waals surface area contributed by atoms with Crippen LogP contribution in [0.15, 0.2) is 42.5 Å². The number of allylic oxidation sites excluding steroid dienone is 2. The average Bonchev–Trinajstić information content (AvgIpc) is 3.28. The van der Waals surface area contributed by atoms with E-state index < -0.39 is 24.3 Å². The number of aliphatic carboxylic acids is 1. The zero-order valence-electron chi connectivity index (χ0n) is 17.8. The molecule has 0 saturated heterocycles. The van der Waals surface area contributed by atoms with Crippen LogP contribution in [-0.4, -0.2) is 59.6 Å². The molecule has 1 fully saturated rings. The van der Waals surface area contributed by atoms with Crippen molar-refractivity contribution in [3.05, 3.63) is 42.5 Å². The Bertz CT molecular complexity index is 958. The minimum atomic E-state index is -3.54. The number of nitrogens with zero attached hydrogens (tertiary/aromatic N) is 4. The first-order valence-electron chi connectivity index (χ1n) is 10.1. The Balaban J connectivity index is 1.88. The number of methoxy groups -OCH3 is 1. The van der Waals surface area contributed by atoms with Gasteiger partial charge in [0.1, 0.15) is 5.69 Å². The molecule has 1 amide bonds. The minimum Gasteiger partial charge on any atom is -0.504 e. The molecule has 0 aromatic carbocycles. The highest BCUT2D eigenvalue weighted by Crippen LogP contribution is 2.39. The summed E-state index contributed by atoms with van der Waals surface area (Å²) >= 11 is 0. The molecule has 11 heteroatoms. The minimum absolute atomic E-state index is 0.0116. The van der Waals surface area contributed by atoms with E-state index in [4.69, 9.17) is 9.84 Å². The molecule has 1 aliphatic carbocycles. The number of aromatic nitrogens is 2. The van der Waals surface area contributed by atoms with Crippen LogP contribution in [0.4, 0.5) is 26.2 Å². The molecule has 9 nitrogen and oxygen atoms in total. The molecule has 0 bridgehead atoms. The summed E-state index contributed by atoms with van der Waals surface area (Å²) in [6.45, 7) is -0.739. The van der Waals surface area contributed by atoms with Crippen molar-refractivity contribution in [2.24, 2.45) is 0 Å². The molecule has 1 aromatic heterocycles. The Labute approximate surface area is 184 Å². The van der Waals surface area contributed by atoms with Crippen LogP contribution in [0.2, 0.25) is 0 Å². The van der Waals surface area contributed by atoms with Crippen LogP contribution < -0.4 is 15.1 Å². The number of amides is 1. The second-order valence-corrected chi connectivity index (χ2v) is 7.51. The maximum atomic E-state index is 14.6. The van der Waals surface area contributed by atoms with Gasteiger partial charge in [-0.15, -0.1) is 0 Å². The first kappa shape index (κ1) is 23.2. The average molecular weight is 449 g/mol. The number of alkyl halides is 2. The number of rotatable bonds is 7. The van der Waals surface area contributed by atoms with Crippen LogP contribution in [-0.2, 0) is 14.3 Å². The highest BCUT2D eigenvalue weighted by molar-refractivity contribution is 6.02. The molecule has 0 unspecified atom stereocenters. The van der Waals surface area contributed by atoms with Gasteiger partial charge in [-0.25, -0.2) is 9.78 Å². The van der Waals surface area contributed by atoms with Gasteiger partial charge in [-0.3, -0.25) is 4.79 Å². The van der Waals surface area contributed by atoms with E-state index in [0.717, 1.165) is 30.6 Å². The van der Waals surface area contributed by atoms with Gasteiger partial charge in [-0.05, 0) is 31.1 Å². The quantitative estimate of drug-likeness (QED) is 0.372. The number of hydrogen-bond donors (Lipinski definition) is 2. The Kier molecular flexibility index (Phi) is 7.06. The maximum absolute atomic E-state index is 14.6. The molecule has 1 saturated carbocycles. The summed E-state index contributed by atoms with van der Waals surface area (Å²) in [7, 11) is 2.69. The molecule has 1 aliphatic heterocycles. The second-order valence-electron chi connectivity index (χ2n) is 7.51. The normalized spacial score (nSPS) is 19.5. The molecule has 0 spiro atoms. The summed E-state index contributed by atoms with van der Waals surface area (Å²) in [5.41, 5.74) is 0.203. The number of fused-ring (bicyclic) bond motifs is 1. The molecule has 2 N–H and O–H groups in total. The summed E-state index contributed by atoms with van der Waals surface area (Å²) < 4.78 is 33.9. The van der Waals surface area contributed by atoms with Gasteiger partial charge >= 0.3 is 11.9 Å². The molecule has 1 aromatic rings. The molecule has 32 heavy (non-hydrogen) atoms. The van der Waals surface area contributed by atoms with Crippen LogP contribution in [0.1, 0.15) is 25.7 Å². The fraction of sp³-hybridized carbons (Fsp3) is 0.429. The Morgan fingerprint density at radius 1 is 1.38 bits per heavy atom. The first-order chi connectivity index (χ1) is 15.2. The number of nitrogens with one attached hydrogen (secondary N) is 1. The predicted octanol–water partition coefficient (Wildman–Crippen LogP) is 2.93. The van der Waals surface area contributed by atoms with Crippen molar-refractivity contribution in [2.45, 2.75) is 37.6 Å². The number of carboxylic acids is 1. The number of anilines is 3. The SMILES string of the molecule is CO/C=C/C(=C\C=C\Nc1ncc2c(n1)N(C1CCCC1)CC(F)(F)C(=O)N2C)C(=O)O. The summed E-state index contributed by atoms with van der Waals surface area (Å²) in [6.07, 6.45) is 11.4. The maximum Gasteiger partial charge on any atom is 0.342 e. The van der Waals surface area contributed by atoms with Crippen molar-refractivity contribution in [3.63, 3.8) is 0 Å². The van der Waals surface area contributed by atoms with E-state index in [1.807, 2.05) is 0 Å². The van der Waals surface area contributed by atoms with Gasteiger partial charge in [0.2, 0.25) is 5.95 Å². The summed E-state index contributed by atoms with van der Waals surface area (Å²) in [6, 6.07) is -0.133. The van der Waals surface area contributed by atoms with Crippen LogP contribution in [0.3, 0.4) is 0 Å². The molecule has 172 valence electrons. The lowest BCUT2D eigenvalue weighted by Crippen LogP contribution is -2.48. The lowest BCUT2D eigenvalue weighted by molar-refractivity contribution is -0.140. The van der Waals surface area contributed by atoms with Crippen molar-refractivity contribution in [1.82, 2.24) is 9.97 Å². The smallest absolute Gasteiger partial charge is 0.342 e. The summed E-state index contributed by atoms with van der Waals surface area (Å²) in [4.78, 5) is 34.4. The zero-order chi connectivity index (χ0) is 23.3. The highest BCUT2D eigenvalue weighted by Gasteiger charge is 2.48. The van der Waals surface area contributed by atoms with E-state index in [1.165, 1.54) is 55.9 Å². The first-order valence-corrected chi connectivity index (χ1v) is 10.1. The van der Waals surface area contributed by atoms with E-state index >= 15 is 0 Å². The number of carbonyl (C=O) groups is 2. The second kappa shape index (κ2) is 9.75. The molecular formula is C21H25F2N5O4. The lowest BCUT2D eigenvalue weighted by atomic mass is 10.2. The molecule has 2 heterocycles. The van der Waals surface area contributed by atoms with E-state index in [-0.39, 0.29) is 29.1 Å². The van der Waals surface area contributed by atoms with Gasteiger partial charge in [0.15, 0.2) is 5.82 Å². The summed E-state index contributed by atoms with van der Waals surface area (Å²) in [5.74, 6) is -5.57. The van der Waals surface area contributed by atoms with E-state index in [1.54, 1.807) is 0 Å². The zero-order valence-corrected chi connectivity index (χ0v) is 17.8. The predicted molar refractivity (Wildman–Crippen MR) is 115 cm³/mol. The lowest BCUT2D eigenvalue weighted by Gasteiger charge is -2.31. The topological polar surface area (TPSA) is 108 Å². The third-order valence-electron chi connectivity index (χ3n) is 5.35. The van der Waals surface area contributed by atoms with Gasteiger partial charge in [-0.2, -0.15) is 13.8 Å². The van der Waals surface area contributed by atoms with Crippen molar-refractivity contribution in [1.29, 1.82) is 0 Å². The Morgan fingerprint density at radius 3 is 2.75 bits per heavy atom. The Hall–Kier alpha value is -3.50. The molecule has 0 radical (unpaired) electrons. The molecule has 2 aliphatic rings. The standard InChI is InChI=1S/C21H25F2N5O4/c1-27-16-12-25-20(24-10-5-6-14(18(29)30)9-11-32-2)26-17(16)28(15-7-3-4-8-15)13-21(22,23)19(27)31/h5-6,9-12,15H,3-4,7-8,13H2,1-2H3,(H,29,30)(H,24,25,26)/b10-5+,11-9+,14-6+. The Morgan fingerprint density at radius 2 is 2.09 bits per heavy atom. The third-order valence-corrected chi connectivity index (χ3v) is 5.35. The number of carbonyl (C=O) groups excluding carboxylic acids is 1. The van der Waals surface area contributed by atoms with Crippen LogP contribution >= 0.6 is 0 Å². The number of ether oxygens (including phenoxy) is 1. The van der Waals surface area contributed by atoms with Gasteiger partial charge in [0.05, 0.1) is 31.7 Å². The monoisotopic (exact) mass is 449 g/mol. The molecular weight excluding hydrogens is 424 g/mol. The van der Waals surface area contributed by atoms with Gasteiger partial charge < -0.3 is 25.0 Å². The van der Waals surface area contributed by atoms with Crippen molar-refractivity contribution < 1.29 is 28.2 Å². The van der Waals surface area contributed by atoms with Gasteiger partial charge in [0.25, 0.3) is 5.91 Å². The van der Waals surface area contributed by atoms with Crippen LogP contribution in [0, 0.1) is 0 Å². The van der Waals surface area contributed by atoms with Crippen LogP contribution in [0.25, 0.3) is 0 Å².